The highest BCUT2D eigenvalue weighted by Crippen LogP contribution is 2.33. The number of amides is 1. The van der Waals surface area contributed by atoms with Crippen LogP contribution in [0.1, 0.15) is 52.2 Å². The van der Waals surface area contributed by atoms with Gasteiger partial charge >= 0.3 is 0 Å². The van der Waals surface area contributed by atoms with E-state index in [0.29, 0.717) is 12.2 Å². The fraction of sp³-hybridized carbons (Fsp3) is 0.409. The van der Waals surface area contributed by atoms with Crippen LogP contribution in [-0.4, -0.2) is 15.9 Å². The Morgan fingerprint density at radius 3 is 2.64 bits per heavy atom. The van der Waals surface area contributed by atoms with Gasteiger partial charge in [-0.3, -0.25) is 9.59 Å². The largest absolute Gasteiger partial charge is 0.326 e. The van der Waals surface area contributed by atoms with Crippen molar-refractivity contribution < 1.29 is 4.79 Å². The molecule has 1 amide bonds. The molecule has 0 spiro atoms. The van der Waals surface area contributed by atoms with Crippen LogP contribution in [0.4, 0.5) is 5.69 Å². The van der Waals surface area contributed by atoms with Crippen LogP contribution in [0, 0.1) is 20.8 Å². The van der Waals surface area contributed by atoms with Gasteiger partial charge in [0.1, 0.15) is 10.7 Å². The van der Waals surface area contributed by atoms with E-state index in [1.165, 1.54) is 22.4 Å². The molecule has 2 N–H and O–H groups in total. The third kappa shape index (κ3) is 3.61. The molecule has 2 aromatic heterocycles. The van der Waals surface area contributed by atoms with Crippen LogP contribution in [0.5, 0.6) is 0 Å². The summed E-state index contributed by atoms with van der Waals surface area (Å²) in [7, 11) is 0. The van der Waals surface area contributed by atoms with Crippen molar-refractivity contribution in [3.05, 3.63) is 55.4 Å². The van der Waals surface area contributed by atoms with Gasteiger partial charge in [-0.2, -0.15) is 0 Å². The van der Waals surface area contributed by atoms with E-state index in [1.54, 1.807) is 11.3 Å². The van der Waals surface area contributed by atoms with Crippen molar-refractivity contribution >= 4 is 33.1 Å². The Morgan fingerprint density at radius 1 is 1.18 bits per heavy atom. The molecule has 4 rings (SSSR count). The Bertz CT molecular complexity index is 1100. The van der Waals surface area contributed by atoms with E-state index >= 15 is 0 Å². The highest BCUT2D eigenvalue weighted by Gasteiger charge is 2.20. The lowest BCUT2D eigenvalue weighted by atomic mass is 9.97. The maximum Gasteiger partial charge on any atom is 0.259 e. The number of aromatic amines is 1. The quantitative estimate of drug-likeness (QED) is 0.689. The van der Waals surface area contributed by atoms with E-state index in [1.807, 2.05) is 20.8 Å². The van der Waals surface area contributed by atoms with Crippen molar-refractivity contribution in [2.75, 3.05) is 5.32 Å². The zero-order valence-corrected chi connectivity index (χ0v) is 17.4. The number of nitrogens with zero attached hydrogens (tertiary/aromatic N) is 1. The zero-order valence-electron chi connectivity index (χ0n) is 16.6. The summed E-state index contributed by atoms with van der Waals surface area (Å²) in [6.07, 6.45) is 5.04. The first-order chi connectivity index (χ1) is 13.4. The molecule has 0 aliphatic heterocycles. The molecule has 1 aliphatic rings. The highest BCUT2D eigenvalue weighted by molar-refractivity contribution is 7.18. The summed E-state index contributed by atoms with van der Waals surface area (Å²) >= 11 is 1.64. The number of fused-ring (bicyclic) bond motifs is 3. The normalized spacial score (nSPS) is 13.5. The minimum absolute atomic E-state index is 0.0648. The number of anilines is 1. The third-order valence-corrected chi connectivity index (χ3v) is 6.59. The smallest absolute Gasteiger partial charge is 0.259 e. The number of nitrogens with one attached hydrogen (secondary N) is 2. The predicted octanol–water partition coefficient (Wildman–Crippen LogP) is 4.36. The van der Waals surface area contributed by atoms with E-state index in [4.69, 9.17) is 0 Å². The fourth-order valence-electron chi connectivity index (χ4n) is 4.14. The number of thiophene rings is 1. The van der Waals surface area contributed by atoms with Gasteiger partial charge in [-0.15, -0.1) is 11.3 Å². The standard InChI is InChI=1S/C22H25N3O2S/c1-12-10-13(2)20(14(3)11-12)25-18(26)9-8-17-23-21(27)19-15-6-4-5-7-16(15)28-22(19)24-17/h10-11H,4-9H2,1-3H3,(H,25,26)(H,23,24,27). The van der Waals surface area contributed by atoms with Gasteiger partial charge in [0.15, 0.2) is 0 Å². The summed E-state index contributed by atoms with van der Waals surface area (Å²) in [5, 5.41) is 3.77. The Labute approximate surface area is 168 Å². The lowest BCUT2D eigenvalue weighted by Gasteiger charge is -2.12. The van der Waals surface area contributed by atoms with E-state index in [2.05, 4.69) is 27.4 Å². The molecule has 1 aliphatic carbocycles. The van der Waals surface area contributed by atoms with E-state index in [9.17, 15) is 9.59 Å². The van der Waals surface area contributed by atoms with Crippen LogP contribution in [0.25, 0.3) is 10.2 Å². The zero-order chi connectivity index (χ0) is 19.8. The molecule has 1 aromatic carbocycles. The third-order valence-electron chi connectivity index (χ3n) is 5.40. The second-order valence-corrected chi connectivity index (χ2v) is 8.81. The van der Waals surface area contributed by atoms with Crippen molar-refractivity contribution in [2.45, 2.75) is 59.3 Å². The molecule has 0 unspecified atom stereocenters. The van der Waals surface area contributed by atoms with Crippen molar-refractivity contribution in [1.29, 1.82) is 0 Å². The molecule has 2 heterocycles. The summed E-state index contributed by atoms with van der Waals surface area (Å²) in [6, 6.07) is 4.13. The van der Waals surface area contributed by atoms with Gasteiger partial charge in [0.05, 0.1) is 5.39 Å². The molecule has 28 heavy (non-hydrogen) atoms. The number of benzene rings is 1. The SMILES string of the molecule is Cc1cc(C)c(NC(=O)CCc2nc3sc4c(c3c(=O)[nH]2)CCCC4)c(C)c1. The summed E-state index contributed by atoms with van der Waals surface area (Å²) in [5.41, 5.74) is 5.30. The van der Waals surface area contributed by atoms with Gasteiger partial charge in [0.25, 0.3) is 5.56 Å². The van der Waals surface area contributed by atoms with Crippen LogP contribution < -0.4 is 10.9 Å². The second-order valence-electron chi connectivity index (χ2n) is 7.73. The number of rotatable bonds is 4. The van der Waals surface area contributed by atoms with E-state index in [-0.39, 0.29) is 17.9 Å². The Hall–Kier alpha value is -2.47. The first kappa shape index (κ1) is 18.9. The number of aromatic nitrogens is 2. The van der Waals surface area contributed by atoms with Crippen molar-refractivity contribution in [1.82, 2.24) is 9.97 Å². The monoisotopic (exact) mass is 395 g/mol. The molecular weight excluding hydrogens is 370 g/mol. The van der Waals surface area contributed by atoms with Crippen molar-refractivity contribution in [3.8, 4) is 0 Å². The molecule has 3 aromatic rings. The number of H-pyrrole nitrogens is 1. The van der Waals surface area contributed by atoms with Crippen LogP contribution >= 0.6 is 11.3 Å². The van der Waals surface area contributed by atoms with Crippen LogP contribution in [-0.2, 0) is 24.1 Å². The molecule has 6 heteroatoms. The van der Waals surface area contributed by atoms with E-state index in [0.717, 1.165) is 46.3 Å². The molecule has 0 saturated heterocycles. The predicted molar refractivity (Wildman–Crippen MR) is 114 cm³/mol. The van der Waals surface area contributed by atoms with Gasteiger partial charge < -0.3 is 10.3 Å². The first-order valence-electron chi connectivity index (χ1n) is 9.83. The molecular formula is C22H25N3O2S. The summed E-state index contributed by atoms with van der Waals surface area (Å²) < 4.78 is 0. The number of hydrogen-bond acceptors (Lipinski definition) is 4. The lowest BCUT2D eigenvalue weighted by molar-refractivity contribution is -0.116. The van der Waals surface area contributed by atoms with Gasteiger partial charge in [-0.05, 0) is 63.1 Å². The minimum Gasteiger partial charge on any atom is -0.326 e. The number of hydrogen-bond donors (Lipinski definition) is 2. The molecule has 146 valence electrons. The molecule has 0 atom stereocenters. The maximum atomic E-state index is 12.6. The van der Waals surface area contributed by atoms with Gasteiger partial charge in [-0.25, -0.2) is 4.98 Å². The van der Waals surface area contributed by atoms with Crippen molar-refractivity contribution in [2.24, 2.45) is 0 Å². The van der Waals surface area contributed by atoms with Crippen LogP contribution in [0.15, 0.2) is 16.9 Å². The Kier molecular flexibility index (Phi) is 5.06. The Morgan fingerprint density at radius 2 is 1.89 bits per heavy atom. The fourth-order valence-corrected chi connectivity index (χ4v) is 5.42. The number of carbonyl (C=O) groups is 1. The van der Waals surface area contributed by atoms with Gasteiger partial charge in [0, 0.05) is 23.4 Å². The minimum atomic E-state index is -0.0664. The first-order valence-corrected chi connectivity index (χ1v) is 10.6. The highest BCUT2D eigenvalue weighted by atomic mass is 32.1. The number of aryl methyl sites for hydroxylation is 6. The number of carbonyl (C=O) groups excluding carboxylic acids is 1. The molecule has 0 radical (unpaired) electrons. The topological polar surface area (TPSA) is 74.8 Å². The molecule has 0 bridgehead atoms. The maximum absolute atomic E-state index is 12.6. The average Bonchev–Trinajstić information content (AvgIpc) is 3.01. The van der Waals surface area contributed by atoms with Gasteiger partial charge in [-0.1, -0.05) is 17.7 Å². The molecule has 0 saturated carbocycles. The average molecular weight is 396 g/mol. The van der Waals surface area contributed by atoms with Crippen molar-refractivity contribution in [3.63, 3.8) is 0 Å². The second kappa shape index (κ2) is 7.51. The van der Waals surface area contributed by atoms with E-state index < -0.39 is 0 Å². The van der Waals surface area contributed by atoms with Gasteiger partial charge in [0.2, 0.25) is 5.91 Å². The summed E-state index contributed by atoms with van der Waals surface area (Å²) in [5.74, 6) is 0.520. The Balaban J connectivity index is 1.50. The van der Waals surface area contributed by atoms with Crippen LogP contribution in [0.2, 0.25) is 0 Å². The summed E-state index contributed by atoms with van der Waals surface area (Å²) in [4.78, 5) is 34.7. The van der Waals surface area contributed by atoms with Crippen LogP contribution in [0.3, 0.4) is 0 Å². The molecule has 5 nitrogen and oxygen atoms in total. The summed E-state index contributed by atoms with van der Waals surface area (Å²) in [6.45, 7) is 6.05. The lowest BCUT2D eigenvalue weighted by Crippen LogP contribution is -2.17. The molecule has 0 fully saturated rings.